The fourth-order valence-electron chi connectivity index (χ4n) is 1.90. The van der Waals surface area contributed by atoms with E-state index in [0.29, 0.717) is 23.7 Å². The van der Waals surface area contributed by atoms with E-state index in [9.17, 15) is 9.90 Å². The lowest BCUT2D eigenvalue weighted by atomic mass is 10.1. The molecule has 0 saturated carbocycles. The number of carbonyl (C=O) groups is 1. The van der Waals surface area contributed by atoms with Gasteiger partial charge in [0, 0.05) is 30.8 Å². The topological polar surface area (TPSA) is 75.8 Å². The highest BCUT2D eigenvalue weighted by atomic mass is 35.5. The lowest BCUT2D eigenvalue weighted by Gasteiger charge is -2.29. The van der Waals surface area contributed by atoms with Gasteiger partial charge in [-0.2, -0.15) is 0 Å². The van der Waals surface area contributed by atoms with Crippen LogP contribution in [0.15, 0.2) is 24.3 Å². The fraction of sp³-hybridized carbons (Fsp3) is 0.500. The predicted molar refractivity (Wildman–Crippen MR) is 78.5 cm³/mol. The molecule has 0 aromatic heterocycles. The number of rotatable bonds is 8. The average molecular weight is 301 g/mol. The second-order valence-electron chi connectivity index (χ2n) is 4.60. The largest absolute Gasteiger partial charge is 0.387 e. The number of aliphatic hydroxyl groups is 1. The summed E-state index contributed by atoms with van der Waals surface area (Å²) in [6.45, 7) is 2.92. The first-order valence-corrected chi connectivity index (χ1v) is 6.80. The number of amides is 1. The van der Waals surface area contributed by atoms with Crippen molar-refractivity contribution in [2.45, 2.75) is 19.1 Å². The molecule has 0 aliphatic heterocycles. The molecule has 1 aromatic carbocycles. The molecule has 6 heteroatoms. The van der Waals surface area contributed by atoms with Crippen LogP contribution in [-0.2, 0) is 9.53 Å². The lowest BCUT2D eigenvalue weighted by molar-refractivity contribution is -0.123. The molecule has 3 N–H and O–H groups in total. The van der Waals surface area contributed by atoms with Gasteiger partial charge in [-0.25, -0.2) is 0 Å². The standard InChI is InChI=1S/C14H21ClN2O3/c1-10(14(16)19)17(7-8-20-2)9-13(18)11-5-3-4-6-12(11)15/h3-6,10,13,18H,7-9H2,1-2H3,(H2,16,19). The normalized spacial score (nSPS) is 14.2. The molecule has 0 aliphatic rings. The maximum absolute atomic E-state index is 11.3. The van der Waals surface area contributed by atoms with E-state index in [0.717, 1.165) is 0 Å². The van der Waals surface area contributed by atoms with Crippen molar-refractivity contribution in [1.82, 2.24) is 4.90 Å². The third-order valence-electron chi connectivity index (χ3n) is 3.21. The van der Waals surface area contributed by atoms with E-state index < -0.39 is 18.1 Å². The van der Waals surface area contributed by atoms with Gasteiger partial charge in [0.2, 0.25) is 5.91 Å². The van der Waals surface area contributed by atoms with Gasteiger partial charge in [0.1, 0.15) is 0 Å². The van der Waals surface area contributed by atoms with Crippen molar-refractivity contribution in [3.8, 4) is 0 Å². The Hall–Kier alpha value is -1.14. The highest BCUT2D eigenvalue weighted by Crippen LogP contribution is 2.23. The molecule has 112 valence electrons. The smallest absolute Gasteiger partial charge is 0.234 e. The molecule has 0 bridgehead atoms. The van der Waals surface area contributed by atoms with Crippen LogP contribution in [-0.4, -0.2) is 48.8 Å². The van der Waals surface area contributed by atoms with Crippen molar-refractivity contribution in [3.63, 3.8) is 0 Å². The van der Waals surface area contributed by atoms with Crippen molar-refractivity contribution >= 4 is 17.5 Å². The SMILES string of the molecule is COCCN(CC(O)c1ccccc1Cl)C(C)C(N)=O. The zero-order valence-corrected chi connectivity index (χ0v) is 12.5. The second kappa shape index (κ2) is 8.21. The van der Waals surface area contributed by atoms with Crippen LogP contribution >= 0.6 is 11.6 Å². The minimum Gasteiger partial charge on any atom is -0.387 e. The van der Waals surface area contributed by atoms with E-state index >= 15 is 0 Å². The Labute approximate surface area is 124 Å². The zero-order chi connectivity index (χ0) is 15.1. The minimum absolute atomic E-state index is 0.261. The summed E-state index contributed by atoms with van der Waals surface area (Å²) in [7, 11) is 1.58. The quantitative estimate of drug-likeness (QED) is 0.756. The van der Waals surface area contributed by atoms with E-state index in [1.54, 1.807) is 43.2 Å². The number of hydrogen-bond acceptors (Lipinski definition) is 4. The van der Waals surface area contributed by atoms with Gasteiger partial charge >= 0.3 is 0 Å². The van der Waals surface area contributed by atoms with Crippen molar-refractivity contribution in [1.29, 1.82) is 0 Å². The van der Waals surface area contributed by atoms with Gasteiger partial charge in [-0.05, 0) is 13.0 Å². The molecule has 2 atom stereocenters. The summed E-state index contributed by atoms with van der Waals surface area (Å²) in [6, 6.07) is 6.60. The first kappa shape index (κ1) is 16.9. The highest BCUT2D eigenvalue weighted by Gasteiger charge is 2.23. The number of ether oxygens (including phenoxy) is 1. The van der Waals surface area contributed by atoms with Crippen LogP contribution in [0.3, 0.4) is 0 Å². The number of nitrogens with zero attached hydrogens (tertiary/aromatic N) is 1. The van der Waals surface area contributed by atoms with Crippen molar-refractivity contribution in [3.05, 3.63) is 34.9 Å². The molecule has 20 heavy (non-hydrogen) atoms. The third kappa shape index (κ3) is 4.76. The molecule has 1 aromatic rings. The van der Waals surface area contributed by atoms with Crippen LogP contribution in [0.2, 0.25) is 5.02 Å². The Morgan fingerprint density at radius 1 is 1.50 bits per heavy atom. The monoisotopic (exact) mass is 300 g/mol. The summed E-state index contributed by atoms with van der Waals surface area (Å²) in [4.78, 5) is 13.1. The molecule has 0 fully saturated rings. The number of methoxy groups -OCH3 is 1. The Kier molecular flexibility index (Phi) is 6.95. The van der Waals surface area contributed by atoms with Crippen LogP contribution in [0.5, 0.6) is 0 Å². The Balaban J connectivity index is 2.78. The molecule has 0 radical (unpaired) electrons. The van der Waals surface area contributed by atoms with E-state index in [-0.39, 0.29) is 6.54 Å². The maximum Gasteiger partial charge on any atom is 0.234 e. The summed E-state index contributed by atoms with van der Waals surface area (Å²) >= 11 is 6.05. The predicted octanol–water partition coefficient (Wildman–Crippen LogP) is 1.20. The van der Waals surface area contributed by atoms with Gasteiger partial charge in [0.25, 0.3) is 0 Å². The van der Waals surface area contributed by atoms with Crippen LogP contribution in [0.4, 0.5) is 0 Å². The van der Waals surface area contributed by atoms with Crippen LogP contribution in [0, 0.1) is 0 Å². The molecule has 0 spiro atoms. The highest BCUT2D eigenvalue weighted by molar-refractivity contribution is 6.31. The third-order valence-corrected chi connectivity index (χ3v) is 3.56. The van der Waals surface area contributed by atoms with Gasteiger partial charge in [-0.15, -0.1) is 0 Å². The lowest BCUT2D eigenvalue weighted by Crippen LogP contribution is -2.46. The fourth-order valence-corrected chi connectivity index (χ4v) is 2.16. The zero-order valence-electron chi connectivity index (χ0n) is 11.8. The summed E-state index contributed by atoms with van der Waals surface area (Å²) in [5, 5.41) is 10.8. The Morgan fingerprint density at radius 2 is 2.15 bits per heavy atom. The van der Waals surface area contributed by atoms with Gasteiger partial charge in [-0.3, -0.25) is 9.69 Å². The van der Waals surface area contributed by atoms with E-state index in [4.69, 9.17) is 22.1 Å². The summed E-state index contributed by atoms with van der Waals surface area (Å²) in [5.74, 6) is -0.438. The molecule has 2 unspecified atom stereocenters. The Morgan fingerprint density at radius 3 is 2.70 bits per heavy atom. The summed E-state index contributed by atoms with van der Waals surface area (Å²) in [5.41, 5.74) is 5.96. The number of aliphatic hydroxyl groups excluding tert-OH is 1. The summed E-state index contributed by atoms with van der Waals surface area (Å²) in [6.07, 6.45) is -0.789. The molecule has 1 amide bonds. The molecule has 1 rings (SSSR count). The number of primary amides is 1. The number of carbonyl (C=O) groups excluding carboxylic acids is 1. The van der Waals surface area contributed by atoms with Crippen LogP contribution < -0.4 is 5.73 Å². The first-order chi connectivity index (χ1) is 9.47. The van der Waals surface area contributed by atoms with Crippen molar-refractivity contribution in [2.24, 2.45) is 5.73 Å². The van der Waals surface area contributed by atoms with Gasteiger partial charge < -0.3 is 15.6 Å². The van der Waals surface area contributed by atoms with Crippen LogP contribution in [0.1, 0.15) is 18.6 Å². The van der Waals surface area contributed by atoms with E-state index in [2.05, 4.69) is 0 Å². The minimum atomic E-state index is -0.789. The van der Waals surface area contributed by atoms with Gasteiger partial charge in [0.05, 0.1) is 18.8 Å². The molecule has 0 aliphatic carbocycles. The molecule has 0 heterocycles. The number of benzene rings is 1. The molecular weight excluding hydrogens is 280 g/mol. The number of halogens is 1. The summed E-state index contributed by atoms with van der Waals surface area (Å²) < 4.78 is 5.01. The van der Waals surface area contributed by atoms with E-state index in [1.165, 1.54) is 0 Å². The number of hydrogen-bond donors (Lipinski definition) is 2. The van der Waals surface area contributed by atoms with Crippen LogP contribution in [0.25, 0.3) is 0 Å². The van der Waals surface area contributed by atoms with Gasteiger partial charge in [0.15, 0.2) is 0 Å². The Bertz CT molecular complexity index is 442. The van der Waals surface area contributed by atoms with Crippen molar-refractivity contribution in [2.75, 3.05) is 26.8 Å². The second-order valence-corrected chi connectivity index (χ2v) is 5.01. The average Bonchev–Trinajstić information content (AvgIpc) is 2.42. The van der Waals surface area contributed by atoms with E-state index in [1.807, 2.05) is 0 Å². The van der Waals surface area contributed by atoms with Crippen molar-refractivity contribution < 1.29 is 14.6 Å². The first-order valence-electron chi connectivity index (χ1n) is 6.42. The molecule has 0 saturated heterocycles. The maximum atomic E-state index is 11.3. The molecule has 5 nitrogen and oxygen atoms in total. The van der Waals surface area contributed by atoms with Gasteiger partial charge in [-0.1, -0.05) is 29.8 Å². The molecular formula is C14H21ClN2O3. The number of nitrogens with two attached hydrogens (primary N) is 1.